The van der Waals surface area contributed by atoms with Crippen LogP contribution in [0, 0.1) is 6.92 Å². The van der Waals surface area contributed by atoms with Gasteiger partial charge in [0.05, 0.1) is 18.9 Å². The minimum atomic E-state index is 0.598. The molecule has 0 amide bonds. The van der Waals surface area contributed by atoms with Crippen LogP contribution in [0.15, 0.2) is 78.3 Å². The van der Waals surface area contributed by atoms with Crippen LogP contribution in [0.4, 0.5) is 11.6 Å². The molecule has 3 heterocycles. The Kier molecular flexibility index (Phi) is 6.41. The zero-order chi connectivity index (χ0) is 24.2. The SMILES string of the molecule is C=Cc1ccc(-c2cc3nc(N=CC=C(N)c4cccc(C)c4)cc(N4CCOCC4)n3n2)cc1. The summed E-state index contributed by atoms with van der Waals surface area (Å²) >= 11 is 0. The average Bonchev–Trinajstić information content (AvgIpc) is 3.33. The number of anilines is 1. The Morgan fingerprint density at radius 1 is 1.09 bits per heavy atom. The van der Waals surface area contributed by atoms with Crippen LogP contribution in [-0.2, 0) is 4.74 Å². The zero-order valence-electron chi connectivity index (χ0n) is 19.8. The molecule has 0 unspecified atom stereocenters. The molecule has 7 heteroatoms. The van der Waals surface area contributed by atoms with Gasteiger partial charge in [0.25, 0.3) is 0 Å². The number of morpholine rings is 1. The smallest absolute Gasteiger partial charge is 0.160 e. The lowest BCUT2D eigenvalue weighted by Crippen LogP contribution is -2.37. The molecule has 2 N–H and O–H groups in total. The van der Waals surface area contributed by atoms with Gasteiger partial charge < -0.3 is 15.4 Å². The third-order valence-electron chi connectivity index (χ3n) is 5.98. The third kappa shape index (κ3) is 5.00. The van der Waals surface area contributed by atoms with Crippen LogP contribution in [0.5, 0.6) is 0 Å². The zero-order valence-corrected chi connectivity index (χ0v) is 19.8. The maximum absolute atomic E-state index is 6.26. The summed E-state index contributed by atoms with van der Waals surface area (Å²) in [5.41, 5.74) is 12.7. The number of hydrogen-bond donors (Lipinski definition) is 1. The lowest BCUT2D eigenvalue weighted by molar-refractivity contribution is 0.122. The van der Waals surface area contributed by atoms with E-state index in [1.165, 1.54) is 0 Å². The Labute approximate surface area is 204 Å². The van der Waals surface area contributed by atoms with Gasteiger partial charge in [-0.05, 0) is 30.2 Å². The minimum Gasteiger partial charge on any atom is -0.398 e. The molecule has 176 valence electrons. The summed E-state index contributed by atoms with van der Waals surface area (Å²) in [6.07, 6.45) is 5.33. The maximum Gasteiger partial charge on any atom is 0.160 e. The number of ether oxygens (including phenoxy) is 1. The number of aromatic nitrogens is 3. The van der Waals surface area contributed by atoms with Crippen LogP contribution in [0.3, 0.4) is 0 Å². The molecular formula is C28H28N6O. The Balaban J connectivity index is 1.51. The summed E-state index contributed by atoms with van der Waals surface area (Å²) in [5, 5.41) is 4.87. The summed E-state index contributed by atoms with van der Waals surface area (Å²) in [6, 6.07) is 20.2. The Morgan fingerprint density at radius 3 is 2.63 bits per heavy atom. The van der Waals surface area contributed by atoms with E-state index in [1.807, 2.05) is 72.1 Å². The van der Waals surface area contributed by atoms with Crippen LogP contribution >= 0.6 is 0 Å². The molecule has 1 fully saturated rings. The molecule has 0 bridgehead atoms. The molecule has 0 spiro atoms. The first-order valence-corrected chi connectivity index (χ1v) is 11.6. The molecule has 2 aromatic carbocycles. The number of benzene rings is 2. The van der Waals surface area contributed by atoms with E-state index in [-0.39, 0.29) is 0 Å². The maximum atomic E-state index is 6.26. The second kappa shape index (κ2) is 9.95. The summed E-state index contributed by atoms with van der Waals surface area (Å²) in [7, 11) is 0. The fraction of sp³-hybridized carbons (Fsp3) is 0.179. The predicted octanol–water partition coefficient (Wildman–Crippen LogP) is 4.89. The number of allylic oxidation sites excluding steroid dienone is 1. The van der Waals surface area contributed by atoms with Gasteiger partial charge in [-0.2, -0.15) is 9.61 Å². The lowest BCUT2D eigenvalue weighted by atomic mass is 10.1. The molecular weight excluding hydrogens is 436 g/mol. The number of nitrogens with zero attached hydrogens (tertiary/aromatic N) is 5. The molecule has 1 aliphatic rings. The highest BCUT2D eigenvalue weighted by atomic mass is 16.5. The van der Waals surface area contributed by atoms with Crippen molar-refractivity contribution in [1.29, 1.82) is 0 Å². The highest BCUT2D eigenvalue weighted by Crippen LogP contribution is 2.27. The monoisotopic (exact) mass is 464 g/mol. The predicted molar refractivity (Wildman–Crippen MR) is 143 cm³/mol. The number of aryl methyl sites for hydroxylation is 1. The molecule has 2 aromatic heterocycles. The van der Waals surface area contributed by atoms with Crippen molar-refractivity contribution in [2.45, 2.75) is 6.92 Å². The van der Waals surface area contributed by atoms with Crippen molar-refractivity contribution in [3.05, 3.63) is 90.0 Å². The van der Waals surface area contributed by atoms with Gasteiger partial charge in [0, 0.05) is 42.7 Å². The molecule has 0 saturated carbocycles. The first kappa shape index (κ1) is 22.6. The number of nitrogens with two attached hydrogens (primary N) is 1. The lowest BCUT2D eigenvalue weighted by Gasteiger charge is -2.28. The van der Waals surface area contributed by atoms with E-state index < -0.39 is 0 Å². The average molecular weight is 465 g/mol. The topological polar surface area (TPSA) is 81.0 Å². The van der Waals surface area contributed by atoms with Crippen molar-refractivity contribution >= 4 is 35.3 Å². The van der Waals surface area contributed by atoms with E-state index in [9.17, 15) is 0 Å². The van der Waals surface area contributed by atoms with Gasteiger partial charge >= 0.3 is 0 Å². The number of fused-ring (bicyclic) bond motifs is 1. The van der Waals surface area contributed by atoms with Gasteiger partial charge in [-0.15, -0.1) is 0 Å². The first-order chi connectivity index (χ1) is 17.1. The van der Waals surface area contributed by atoms with Gasteiger partial charge in [-0.1, -0.05) is 60.7 Å². The van der Waals surface area contributed by atoms with E-state index >= 15 is 0 Å². The normalized spacial score (nSPS) is 14.7. The molecule has 0 radical (unpaired) electrons. The van der Waals surface area contributed by atoms with Crippen molar-refractivity contribution in [3.63, 3.8) is 0 Å². The van der Waals surface area contributed by atoms with Gasteiger partial charge in [0.15, 0.2) is 11.5 Å². The van der Waals surface area contributed by atoms with Gasteiger partial charge in [-0.25, -0.2) is 9.98 Å². The van der Waals surface area contributed by atoms with Crippen LogP contribution in [0.2, 0.25) is 0 Å². The minimum absolute atomic E-state index is 0.598. The molecule has 1 aliphatic heterocycles. The van der Waals surface area contributed by atoms with Crippen LogP contribution in [0.1, 0.15) is 16.7 Å². The highest BCUT2D eigenvalue weighted by Gasteiger charge is 2.18. The Hall–Kier alpha value is -4.23. The van der Waals surface area contributed by atoms with Crippen molar-refractivity contribution in [3.8, 4) is 11.3 Å². The first-order valence-electron chi connectivity index (χ1n) is 11.6. The fourth-order valence-corrected chi connectivity index (χ4v) is 4.08. The number of aliphatic imine (C=N–C) groups is 1. The fourth-order valence-electron chi connectivity index (χ4n) is 4.08. The van der Waals surface area contributed by atoms with E-state index in [2.05, 4.69) is 22.5 Å². The van der Waals surface area contributed by atoms with E-state index in [0.29, 0.717) is 24.7 Å². The number of rotatable bonds is 6. The van der Waals surface area contributed by atoms with E-state index in [4.69, 9.17) is 20.6 Å². The second-order valence-electron chi connectivity index (χ2n) is 8.47. The largest absolute Gasteiger partial charge is 0.398 e. The summed E-state index contributed by atoms with van der Waals surface area (Å²) in [4.78, 5) is 11.6. The van der Waals surface area contributed by atoms with Crippen molar-refractivity contribution < 1.29 is 4.74 Å². The van der Waals surface area contributed by atoms with Crippen molar-refractivity contribution in [2.24, 2.45) is 10.7 Å². The summed E-state index contributed by atoms with van der Waals surface area (Å²) in [6.45, 7) is 8.79. The van der Waals surface area contributed by atoms with Crippen LogP contribution < -0.4 is 10.6 Å². The molecule has 4 aromatic rings. The second-order valence-corrected chi connectivity index (χ2v) is 8.47. The van der Waals surface area contributed by atoms with E-state index in [0.717, 1.165) is 52.5 Å². The summed E-state index contributed by atoms with van der Waals surface area (Å²) < 4.78 is 7.44. The third-order valence-corrected chi connectivity index (χ3v) is 5.98. The molecule has 1 saturated heterocycles. The van der Waals surface area contributed by atoms with Crippen LogP contribution in [0.25, 0.3) is 28.7 Å². The standard InChI is InChI=1S/C28H28N6O/c1-3-21-7-9-22(10-8-21)25-18-27-31-26(19-28(34(27)32-25)33-13-15-35-16-14-33)30-12-11-24(29)23-6-4-5-20(2)17-23/h3-12,17-19H,1,13-16,29H2,2H3. The van der Waals surface area contributed by atoms with E-state index in [1.54, 1.807) is 12.3 Å². The Morgan fingerprint density at radius 2 is 1.89 bits per heavy atom. The van der Waals surface area contributed by atoms with Gasteiger partial charge in [0.1, 0.15) is 5.82 Å². The molecule has 7 nitrogen and oxygen atoms in total. The molecule has 35 heavy (non-hydrogen) atoms. The number of hydrogen-bond acceptors (Lipinski definition) is 6. The quantitative estimate of drug-likeness (QED) is 0.411. The Bertz CT molecular complexity index is 1410. The summed E-state index contributed by atoms with van der Waals surface area (Å²) in [5.74, 6) is 1.54. The van der Waals surface area contributed by atoms with Gasteiger partial charge in [-0.3, -0.25) is 0 Å². The molecule has 0 atom stereocenters. The van der Waals surface area contributed by atoms with Gasteiger partial charge in [0.2, 0.25) is 0 Å². The molecule has 0 aliphatic carbocycles. The van der Waals surface area contributed by atoms with Crippen LogP contribution in [-0.4, -0.2) is 47.1 Å². The molecule has 5 rings (SSSR count). The van der Waals surface area contributed by atoms with Crippen molar-refractivity contribution in [1.82, 2.24) is 14.6 Å². The highest BCUT2D eigenvalue weighted by molar-refractivity contribution is 5.85. The van der Waals surface area contributed by atoms with Crippen molar-refractivity contribution in [2.75, 3.05) is 31.2 Å².